The molecule has 8 rings (SSSR count). The van der Waals surface area contributed by atoms with E-state index >= 15 is 0 Å². The van der Waals surface area contributed by atoms with E-state index in [2.05, 4.69) is 78.0 Å². The number of nitrogens with zero attached hydrogens (tertiary/aromatic N) is 6. The Labute approximate surface area is 363 Å². The Morgan fingerprint density at radius 2 is 1.15 bits per heavy atom. The third kappa shape index (κ3) is 8.40. The number of benzene rings is 2. The predicted octanol–water partition coefficient (Wildman–Crippen LogP) is 7.60. The molecule has 0 saturated carbocycles. The molecule has 16 nitrogen and oxygen atoms in total. The Bertz CT molecular complexity index is 2560. The quantitative estimate of drug-likeness (QED) is 0.0960. The number of methoxy groups -OCH3 is 2. The maximum atomic E-state index is 13.6. The Morgan fingerprint density at radius 3 is 1.60 bits per heavy atom. The van der Waals surface area contributed by atoms with Crippen molar-refractivity contribution in [2.75, 3.05) is 27.3 Å². The number of ether oxygens (including phenoxy) is 2. The zero-order chi connectivity index (χ0) is 43.7. The van der Waals surface area contributed by atoms with Crippen molar-refractivity contribution in [1.82, 2.24) is 49.8 Å². The topological polar surface area (TPSA) is 192 Å². The van der Waals surface area contributed by atoms with Gasteiger partial charge in [-0.05, 0) is 54.2 Å². The number of nitrogens with one attached hydrogen (secondary N) is 4. The number of imidazole rings is 3. The molecule has 2 aromatic carbocycles. The molecule has 6 heterocycles. The van der Waals surface area contributed by atoms with Crippen molar-refractivity contribution in [3.8, 4) is 45.0 Å². The number of amides is 4. The van der Waals surface area contributed by atoms with E-state index in [1.165, 1.54) is 14.2 Å². The van der Waals surface area contributed by atoms with E-state index in [-0.39, 0.29) is 35.7 Å². The number of rotatable bonds is 12. The highest BCUT2D eigenvalue weighted by atomic mass is 32.1. The van der Waals surface area contributed by atoms with Crippen LogP contribution >= 0.6 is 11.3 Å². The lowest BCUT2D eigenvalue weighted by Gasteiger charge is -2.30. The van der Waals surface area contributed by atoms with E-state index in [4.69, 9.17) is 19.4 Å². The zero-order valence-corrected chi connectivity index (χ0v) is 36.5. The van der Waals surface area contributed by atoms with Crippen molar-refractivity contribution >= 4 is 40.3 Å². The summed E-state index contributed by atoms with van der Waals surface area (Å²) in [4.78, 5) is 76.9. The molecular formula is C45H52N10O6S. The Kier molecular flexibility index (Phi) is 12.2. The van der Waals surface area contributed by atoms with E-state index in [9.17, 15) is 19.2 Å². The molecule has 2 aliphatic heterocycles. The fraction of sp³-hybridized carbons (Fsp3) is 0.400. The number of carbonyl (C=O) groups is 4. The summed E-state index contributed by atoms with van der Waals surface area (Å²) in [5, 5.41) is 7.51. The van der Waals surface area contributed by atoms with Gasteiger partial charge in [0.25, 0.3) is 0 Å². The molecule has 0 spiro atoms. The van der Waals surface area contributed by atoms with Crippen LogP contribution in [0.4, 0.5) is 9.59 Å². The van der Waals surface area contributed by atoms with E-state index in [1.54, 1.807) is 17.5 Å². The van der Waals surface area contributed by atoms with Crippen LogP contribution in [0, 0.1) is 11.8 Å². The summed E-state index contributed by atoms with van der Waals surface area (Å²) >= 11 is 1.58. The molecule has 4 N–H and O–H groups in total. The van der Waals surface area contributed by atoms with Gasteiger partial charge in [0, 0.05) is 30.2 Å². The van der Waals surface area contributed by atoms with E-state index < -0.39 is 24.3 Å². The number of hydrogen-bond acceptors (Lipinski definition) is 10. The number of carbonyl (C=O) groups excluding carboxylic acids is 4. The lowest BCUT2D eigenvalue weighted by atomic mass is 10.0. The molecule has 4 aromatic heterocycles. The minimum absolute atomic E-state index is 0.109. The number of aromatic nitrogens is 6. The van der Waals surface area contributed by atoms with Crippen LogP contribution < -0.4 is 10.6 Å². The molecule has 2 aliphatic rings. The maximum Gasteiger partial charge on any atom is 0.407 e. The first-order valence-electron chi connectivity index (χ1n) is 21.0. The summed E-state index contributed by atoms with van der Waals surface area (Å²) < 4.78 is 11.7. The van der Waals surface area contributed by atoms with Crippen LogP contribution in [0.5, 0.6) is 0 Å². The number of likely N-dealkylation sites (tertiary alicyclic amines) is 2. The second kappa shape index (κ2) is 17.8. The Morgan fingerprint density at radius 1 is 0.694 bits per heavy atom. The third-order valence-electron chi connectivity index (χ3n) is 11.9. The van der Waals surface area contributed by atoms with Crippen molar-refractivity contribution < 1.29 is 28.7 Å². The maximum absolute atomic E-state index is 13.6. The smallest absolute Gasteiger partial charge is 0.407 e. The summed E-state index contributed by atoms with van der Waals surface area (Å²) in [7, 11) is 2.58. The molecule has 2 fully saturated rings. The van der Waals surface area contributed by atoms with Gasteiger partial charge in [0.1, 0.15) is 23.7 Å². The summed E-state index contributed by atoms with van der Waals surface area (Å²) in [5.41, 5.74) is 7.55. The fourth-order valence-electron chi connectivity index (χ4n) is 8.46. The second-order valence-electron chi connectivity index (χ2n) is 16.5. The SMILES string of the molecule is COC(=O)N[C@H](C(=O)N1CCCC1c1ncc(-c2ccc(-c3csc4nc(-c5ccc(-c6cnc([C@@H]7CCCN7C(=O)[C@@H](NC(=O)OC)C(C)C)[nH]6)cc5)cn34)cc2)[nH]1)C(C)C. The Balaban J connectivity index is 0.935. The minimum Gasteiger partial charge on any atom is -0.453 e. The van der Waals surface area contributed by atoms with E-state index in [1.807, 2.05) is 55.8 Å². The highest BCUT2D eigenvalue weighted by molar-refractivity contribution is 7.15. The van der Waals surface area contributed by atoms with Crippen LogP contribution in [0.3, 0.4) is 0 Å². The molecule has 324 valence electrons. The summed E-state index contributed by atoms with van der Waals surface area (Å²) in [5.74, 6) is 0.938. The van der Waals surface area contributed by atoms with Crippen molar-refractivity contribution in [2.45, 2.75) is 77.5 Å². The van der Waals surface area contributed by atoms with Crippen LogP contribution in [0.25, 0.3) is 50.0 Å². The van der Waals surface area contributed by atoms with Crippen molar-refractivity contribution in [3.63, 3.8) is 0 Å². The molecule has 6 aromatic rings. The van der Waals surface area contributed by atoms with Gasteiger partial charge in [-0.15, -0.1) is 11.3 Å². The lowest BCUT2D eigenvalue weighted by Crippen LogP contribution is -2.51. The average Bonchev–Trinajstić information content (AvgIpc) is 4.13. The van der Waals surface area contributed by atoms with Crippen LogP contribution in [-0.4, -0.2) is 103 Å². The summed E-state index contributed by atoms with van der Waals surface area (Å²) in [6.45, 7) is 8.79. The third-order valence-corrected chi connectivity index (χ3v) is 12.7. The molecule has 0 aliphatic carbocycles. The minimum atomic E-state index is -0.693. The van der Waals surface area contributed by atoms with Gasteiger partial charge in [-0.25, -0.2) is 24.5 Å². The van der Waals surface area contributed by atoms with Crippen molar-refractivity contribution in [3.05, 3.63) is 84.2 Å². The number of thiazole rings is 1. The van der Waals surface area contributed by atoms with Crippen LogP contribution in [-0.2, 0) is 19.1 Å². The normalized spacial score (nSPS) is 17.5. The zero-order valence-electron chi connectivity index (χ0n) is 35.7. The number of fused-ring (bicyclic) bond motifs is 1. The van der Waals surface area contributed by atoms with Gasteiger partial charge in [-0.3, -0.25) is 14.0 Å². The van der Waals surface area contributed by atoms with Gasteiger partial charge in [-0.2, -0.15) is 0 Å². The monoisotopic (exact) mass is 860 g/mol. The first kappa shape index (κ1) is 42.2. The van der Waals surface area contributed by atoms with Gasteiger partial charge in [0.15, 0.2) is 4.96 Å². The molecule has 0 radical (unpaired) electrons. The van der Waals surface area contributed by atoms with Gasteiger partial charge in [0.05, 0.1) is 61.5 Å². The van der Waals surface area contributed by atoms with Crippen molar-refractivity contribution in [2.24, 2.45) is 11.8 Å². The van der Waals surface area contributed by atoms with Gasteiger partial charge in [0.2, 0.25) is 11.8 Å². The first-order valence-corrected chi connectivity index (χ1v) is 21.9. The number of alkyl carbamates (subject to hydrolysis) is 2. The van der Waals surface area contributed by atoms with Crippen LogP contribution in [0.2, 0.25) is 0 Å². The second-order valence-corrected chi connectivity index (χ2v) is 17.3. The molecule has 2 saturated heterocycles. The molecule has 62 heavy (non-hydrogen) atoms. The van der Waals surface area contributed by atoms with Gasteiger partial charge < -0.3 is 39.9 Å². The molecule has 4 atom stereocenters. The molecule has 0 bridgehead atoms. The molecule has 17 heteroatoms. The van der Waals surface area contributed by atoms with Crippen LogP contribution in [0.1, 0.15) is 77.1 Å². The molecular weight excluding hydrogens is 809 g/mol. The number of H-pyrrole nitrogens is 2. The average molecular weight is 861 g/mol. The Hall–Kier alpha value is -6.49. The van der Waals surface area contributed by atoms with E-state index in [0.29, 0.717) is 13.1 Å². The van der Waals surface area contributed by atoms with Gasteiger partial charge >= 0.3 is 12.2 Å². The molecule has 1 unspecified atom stereocenters. The number of aromatic amines is 2. The standard InChI is InChI=1S/C45H52N10O6S/c1-25(2)37(51-44(58)60-5)41(56)53-19-7-9-34(53)39-46-21-31(48-39)27-11-13-29(14-12-27)33-23-55-36(24-62-43(55)50-33)30-17-15-28(16-18-30)32-22-47-40(49-32)35-10-8-20-54(35)42(57)38(26(3)4)52-45(59)61-6/h11-18,21-26,34-35,37-38H,7-10,19-20H2,1-6H3,(H,46,48)(H,47,49)(H,51,58)(H,52,59)/t34-,35?,37-,38-/m0/s1. The fourth-order valence-corrected chi connectivity index (χ4v) is 9.35. The largest absolute Gasteiger partial charge is 0.453 e. The van der Waals surface area contributed by atoms with E-state index in [0.717, 1.165) is 87.3 Å². The highest BCUT2D eigenvalue weighted by Crippen LogP contribution is 2.36. The molecule has 4 amide bonds. The van der Waals surface area contributed by atoms with Crippen molar-refractivity contribution in [1.29, 1.82) is 0 Å². The number of hydrogen-bond donors (Lipinski definition) is 4. The van der Waals surface area contributed by atoms with Crippen LogP contribution in [0.15, 0.2) is 72.5 Å². The summed E-state index contributed by atoms with van der Waals surface area (Å²) in [6, 6.07) is 14.7. The van der Waals surface area contributed by atoms with Gasteiger partial charge in [-0.1, -0.05) is 76.2 Å². The lowest BCUT2D eigenvalue weighted by molar-refractivity contribution is -0.136. The summed E-state index contributed by atoms with van der Waals surface area (Å²) in [6.07, 6.45) is 7.66. The first-order chi connectivity index (χ1) is 29.9. The predicted molar refractivity (Wildman–Crippen MR) is 235 cm³/mol. The highest BCUT2D eigenvalue weighted by Gasteiger charge is 2.39.